The van der Waals surface area contributed by atoms with Crippen molar-refractivity contribution in [3.05, 3.63) is 70.3 Å². The summed E-state index contributed by atoms with van der Waals surface area (Å²) in [5.74, 6) is -0.573. The van der Waals surface area contributed by atoms with E-state index in [1.165, 1.54) is 18.9 Å². The molecule has 1 fully saturated rings. The van der Waals surface area contributed by atoms with Gasteiger partial charge in [-0.25, -0.2) is 9.79 Å². The van der Waals surface area contributed by atoms with Gasteiger partial charge in [-0.3, -0.25) is 4.79 Å². The molecule has 2 aromatic carbocycles. The second kappa shape index (κ2) is 7.60. The Morgan fingerprint density at radius 2 is 1.90 bits per heavy atom. The number of nitrogens with one attached hydrogen (secondary N) is 1. The summed E-state index contributed by atoms with van der Waals surface area (Å²) < 4.78 is 6.81. The largest absolute Gasteiger partial charge is 0.465 e. The second-order valence-electron chi connectivity index (χ2n) is 6.60. The molecule has 6 nitrogen and oxygen atoms in total. The van der Waals surface area contributed by atoms with Crippen LogP contribution in [0.4, 0.5) is 5.69 Å². The van der Waals surface area contributed by atoms with Crippen LogP contribution < -0.4 is 5.32 Å². The van der Waals surface area contributed by atoms with E-state index in [1.807, 2.05) is 32.2 Å². The minimum absolute atomic E-state index is 0.174. The fraction of sp³-hybridized carbons (Fsp3) is 0.136. The van der Waals surface area contributed by atoms with E-state index in [0.29, 0.717) is 21.3 Å². The molecular weight excluding hydrogens is 386 g/mol. The number of carbonyl (C=O) groups excluding carboxylic acids is 2. The summed E-state index contributed by atoms with van der Waals surface area (Å²) in [7, 11) is 3.36. The number of amides is 1. The van der Waals surface area contributed by atoms with Crippen molar-refractivity contribution in [3.63, 3.8) is 0 Å². The molecule has 29 heavy (non-hydrogen) atoms. The van der Waals surface area contributed by atoms with Crippen LogP contribution in [0.25, 0.3) is 17.0 Å². The van der Waals surface area contributed by atoms with Crippen molar-refractivity contribution in [3.8, 4) is 0 Å². The number of rotatable bonds is 3. The van der Waals surface area contributed by atoms with Crippen LogP contribution in [0.1, 0.15) is 21.6 Å². The topological polar surface area (TPSA) is 72.7 Å². The normalized spacial score (nSPS) is 16.6. The van der Waals surface area contributed by atoms with E-state index in [9.17, 15) is 9.59 Å². The third-order valence-corrected chi connectivity index (χ3v) is 5.80. The number of methoxy groups -OCH3 is 1. The Hall–Kier alpha value is -3.32. The summed E-state index contributed by atoms with van der Waals surface area (Å²) >= 11 is 1.30. The molecule has 1 amide bonds. The van der Waals surface area contributed by atoms with E-state index in [2.05, 4.69) is 27.0 Å². The molecule has 7 heteroatoms. The number of aryl methyl sites for hydroxylation is 1. The van der Waals surface area contributed by atoms with Gasteiger partial charge in [-0.1, -0.05) is 18.2 Å². The first-order valence-corrected chi connectivity index (χ1v) is 9.81. The fourth-order valence-electron chi connectivity index (χ4n) is 3.25. The van der Waals surface area contributed by atoms with Gasteiger partial charge in [-0.2, -0.15) is 0 Å². The average Bonchev–Trinajstić information content (AvgIpc) is 3.20. The highest BCUT2D eigenvalue weighted by molar-refractivity contribution is 8.18. The molecular formula is C22H19N3O3S. The summed E-state index contributed by atoms with van der Waals surface area (Å²) in [5.41, 5.74) is 4.34. The summed E-state index contributed by atoms with van der Waals surface area (Å²) in [5, 5.41) is 4.42. The van der Waals surface area contributed by atoms with E-state index in [0.717, 1.165) is 22.2 Å². The molecule has 0 bridgehead atoms. The van der Waals surface area contributed by atoms with Crippen molar-refractivity contribution >= 4 is 51.5 Å². The van der Waals surface area contributed by atoms with Crippen LogP contribution in [0.15, 0.2) is 58.4 Å². The van der Waals surface area contributed by atoms with Gasteiger partial charge in [0.1, 0.15) is 0 Å². The molecule has 2 heterocycles. The highest BCUT2D eigenvalue weighted by atomic mass is 32.2. The molecule has 0 saturated carbocycles. The Bertz CT molecular complexity index is 1190. The predicted octanol–water partition coefficient (Wildman–Crippen LogP) is 4.16. The first-order valence-electron chi connectivity index (χ1n) is 9.00. The van der Waals surface area contributed by atoms with Gasteiger partial charge in [0.25, 0.3) is 5.91 Å². The van der Waals surface area contributed by atoms with E-state index in [1.54, 1.807) is 24.3 Å². The molecule has 1 aliphatic rings. The SMILES string of the molecule is COC(=O)c1ccc(N=C2NC(=O)/C(=C/c3c(C)n(C)c4ccccc34)S2)cc1. The second-order valence-corrected chi connectivity index (χ2v) is 7.63. The molecule has 0 aliphatic carbocycles. The van der Waals surface area contributed by atoms with E-state index in [4.69, 9.17) is 4.74 Å². The Labute approximate surface area is 172 Å². The quantitative estimate of drug-likeness (QED) is 0.524. The number of esters is 1. The summed E-state index contributed by atoms with van der Waals surface area (Å²) in [6.45, 7) is 2.04. The molecule has 0 unspecified atom stereocenters. The van der Waals surface area contributed by atoms with E-state index in [-0.39, 0.29) is 5.91 Å². The highest BCUT2D eigenvalue weighted by Crippen LogP contribution is 2.32. The number of para-hydroxylation sites is 1. The van der Waals surface area contributed by atoms with Crippen LogP contribution in [0, 0.1) is 6.92 Å². The molecule has 1 aliphatic heterocycles. The Morgan fingerprint density at radius 3 is 2.62 bits per heavy atom. The Morgan fingerprint density at radius 1 is 1.17 bits per heavy atom. The number of thioether (sulfide) groups is 1. The fourth-order valence-corrected chi connectivity index (χ4v) is 4.07. The number of amidine groups is 1. The third-order valence-electron chi connectivity index (χ3n) is 4.89. The zero-order chi connectivity index (χ0) is 20.5. The van der Waals surface area contributed by atoms with Crippen LogP contribution in [-0.2, 0) is 16.6 Å². The molecule has 0 atom stereocenters. The van der Waals surface area contributed by atoms with Crippen molar-refractivity contribution in [1.29, 1.82) is 0 Å². The number of carbonyl (C=O) groups is 2. The molecule has 1 saturated heterocycles. The highest BCUT2D eigenvalue weighted by Gasteiger charge is 2.25. The van der Waals surface area contributed by atoms with Gasteiger partial charge in [0, 0.05) is 29.2 Å². The number of aromatic nitrogens is 1. The van der Waals surface area contributed by atoms with Gasteiger partial charge < -0.3 is 14.6 Å². The van der Waals surface area contributed by atoms with Crippen LogP contribution in [0.3, 0.4) is 0 Å². The molecule has 146 valence electrons. The third kappa shape index (κ3) is 3.56. The maximum Gasteiger partial charge on any atom is 0.337 e. The molecule has 3 aromatic rings. The molecule has 4 rings (SSSR count). The molecule has 1 aromatic heterocycles. The Kier molecular flexibility index (Phi) is 4.98. The molecule has 0 radical (unpaired) electrons. The maximum absolute atomic E-state index is 12.5. The van der Waals surface area contributed by atoms with E-state index < -0.39 is 5.97 Å². The van der Waals surface area contributed by atoms with Crippen LogP contribution >= 0.6 is 11.8 Å². The predicted molar refractivity (Wildman–Crippen MR) is 116 cm³/mol. The number of nitrogens with zero attached hydrogens (tertiary/aromatic N) is 2. The minimum atomic E-state index is -0.400. The van der Waals surface area contributed by atoms with Gasteiger partial charge in [0.2, 0.25) is 0 Å². The van der Waals surface area contributed by atoms with Gasteiger partial charge in [0.05, 0.1) is 23.3 Å². The van der Waals surface area contributed by atoms with E-state index >= 15 is 0 Å². The average molecular weight is 405 g/mol. The van der Waals surface area contributed by atoms with Crippen LogP contribution in [-0.4, -0.2) is 28.7 Å². The first kappa shape index (κ1) is 19.0. The van der Waals surface area contributed by atoms with Crippen LogP contribution in [0.2, 0.25) is 0 Å². The number of benzene rings is 2. The van der Waals surface area contributed by atoms with Gasteiger partial charge in [-0.15, -0.1) is 0 Å². The summed E-state index contributed by atoms with van der Waals surface area (Å²) in [6, 6.07) is 14.8. The summed E-state index contributed by atoms with van der Waals surface area (Å²) in [4.78, 5) is 29.0. The number of hydrogen-bond donors (Lipinski definition) is 1. The monoisotopic (exact) mass is 405 g/mol. The number of ether oxygens (including phenoxy) is 1. The smallest absolute Gasteiger partial charge is 0.337 e. The lowest BCUT2D eigenvalue weighted by molar-refractivity contribution is -0.115. The summed E-state index contributed by atoms with van der Waals surface area (Å²) in [6.07, 6.45) is 1.92. The Balaban J connectivity index is 1.63. The van der Waals surface area contributed by atoms with Crippen LogP contribution in [0.5, 0.6) is 0 Å². The van der Waals surface area contributed by atoms with Gasteiger partial charge >= 0.3 is 5.97 Å². The standard InChI is InChI=1S/C22H19N3O3S/c1-13-17(16-6-4-5-7-18(16)25(13)2)12-19-20(26)24-22(29-19)23-15-10-8-14(9-11-15)21(27)28-3/h4-12H,1-3H3,(H,23,24,26)/b19-12-. The minimum Gasteiger partial charge on any atom is -0.465 e. The maximum atomic E-state index is 12.5. The lowest BCUT2D eigenvalue weighted by atomic mass is 10.1. The van der Waals surface area contributed by atoms with Crippen molar-refractivity contribution in [2.75, 3.05) is 7.11 Å². The molecule has 1 N–H and O–H groups in total. The van der Waals surface area contributed by atoms with Crippen molar-refractivity contribution in [1.82, 2.24) is 9.88 Å². The van der Waals surface area contributed by atoms with Crippen molar-refractivity contribution in [2.45, 2.75) is 6.92 Å². The van der Waals surface area contributed by atoms with Gasteiger partial charge in [0.15, 0.2) is 5.17 Å². The number of fused-ring (bicyclic) bond motifs is 1. The lowest BCUT2D eigenvalue weighted by Gasteiger charge is -2.00. The van der Waals surface area contributed by atoms with Crippen molar-refractivity contribution < 1.29 is 14.3 Å². The lowest BCUT2D eigenvalue weighted by Crippen LogP contribution is -2.19. The number of aliphatic imine (C=N–C) groups is 1. The first-order chi connectivity index (χ1) is 14.0. The van der Waals surface area contributed by atoms with Gasteiger partial charge in [-0.05, 0) is 55.1 Å². The zero-order valence-electron chi connectivity index (χ0n) is 16.2. The zero-order valence-corrected chi connectivity index (χ0v) is 17.0. The van der Waals surface area contributed by atoms with Crippen molar-refractivity contribution in [2.24, 2.45) is 12.0 Å². The number of hydrogen-bond acceptors (Lipinski definition) is 5. The molecule has 0 spiro atoms.